The van der Waals surface area contributed by atoms with E-state index in [9.17, 15) is 0 Å². The summed E-state index contributed by atoms with van der Waals surface area (Å²) < 4.78 is 1.23. The van der Waals surface area contributed by atoms with Crippen LogP contribution >= 0.6 is 11.3 Å². The van der Waals surface area contributed by atoms with Crippen molar-refractivity contribution >= 4 is 21.6 Å². The van der Waals surface area contributed by atoms with Gasteiger partial charge in [0, 0.05) is 18.2 Å². The van der Waals surface area contributed by atoms with Crippen molar-refractivity contribution in [2.24, 2.45) is 5.73 Å². The first-order valence-corrected chi connectivity index (χ1v) is 7.57. The Labute approximate surface area is 111 Å². The minimum atomic E-state index is 0.125. The standard InChI is InChI=1S/C14H19N3S/c15-10-14(6-3-1-2-4-7-14)13-17-11-9-16-8-5-12(11)18-13/h5,8-9H,1-4,6-7,10,15H2. The first-order chi connectivity index (χ1) is 8.84. The van der Waals surface area contributed by atoms with Gasteiger partial charge in [-0.25, -0.2) is 4.98 Å². The van der Waals surface area contributed by atoms with Crippen molar-refractivity contribution in [3.8, 4) is 0 Å². The van der Waals surface area contributed by atoms with E-state index in [1.807, 2.05) is 12.4 Å². The molecule has 0 aromatic carbocycles. The first-order valence-electron chi connectivity index (χ1n) is 6.75. The highest BCUT2D eigenvalue weighted by molar-refractivity contribution is 7.18. The maximum atomic E-state index is 6.11. The molecular weight excluding hydrogens is 242 g/mol. The van der Waals surface area contributed by atoms with Crippen molar-refractivity contribution in [2.45, 2.75) is 43.9 Å². The lowest BCUT2D eigenvalue weighted by Crippen LogP contribution is -2.34. The van der Waals surface area contributed by atoms with Crippen molar-refractivity contribution in [1.29, 1.82) is 0 Å². The van der Waals surface area contributed by atoms with Gasteiger partial charge in [-0.15, -0.1) is 11.3 Å². The van der Waals surface area contributed by atoms with E-state index in [1.165, 1.54) is 48.2 Å². The number of hydrogen-bond acceptors (Lipinski definition) is 4. The number of fused-ring (bicyclic) bond motifs is 1. The van der Waals surface area contributed by atoms with Crippen molar-refractivity contribution < 1.29 is 0 Å². The molecule has 4 heteroatoms. The van der Waals surface area contributed by atoms with E-state index in [1.54, 1.807) is 11.3 Å². The third-order valence-corrected chi connectivity index (χ3v) is 5.38. The number of hydrogen-bond donors (Lipinski definition) is 1. The molecule has 2 N–H and O–H groups in total. The lowest BCUT2D eigenvalue weighted by atomic mass is 9.81. The summed E-state index contributed by atoms with van der Waals surface area (Å²) in [4.78, 5) is 8.95. The van der Waals surface area contributed by atoms with Gasteiger partial charge in [-0.1, -0.05) is 25.7 Å². The summed E-state index contributed by atoms with van der Waals surface area (Å²) in [6.07, 6.45) is 11.3. The van der Waals surface area contributed by atoms with Crippen LogP contribution in [0.25, 0.3) is 10.2 Å². The van der Waals surface area contributed by atoms with Gasteiger partial charge in [0.2, 0.25) is 0 Å². The van der Waals surface area contributed by atoms with Crippen LogP contribution in [-0.4, -0.2) is 16.5 Å². The minimum absolute atomic E-state index is 0.125. The summed E-state index contributed by atoms with van der Waals surface area (Å²) in [7, 11) is 0. The molecule has 3 nitrogen and oxygen atoms in total. The monoisotopic (exact) mass is 261 g/mol. The smallest absolute Gasteiger partial charge is 0.101 e. The molecule has 1 fully saturated rings. The lowest BCUT2D eigenvalue weighted by molar-refractivity contribution is 0.380. The number of nitrogens with two attached hydrogens (primary N) is 1. The van der Waals surface area contributed by atoms with Gasteiger partial charge in [-0.3, -0.25) is 4.98 Å². The number of aromatic nitrogens is 2. The molecule has 1 saturated carbocycles. The molecule has 0 amide bonds. The molecule has 2 aromatic rings. The Morgan fingerprint density at radius 3 is 2.67 bits per heavy atom. The maximum absolute atomic E-state index is 6.11. The Bertz CT molecular complexity index is 494. The fourth-order valence-electron chi connectivity index (χ4n) is 2.92. The summed E-state index contributed by atoms with van der Waals surface area (Å²) in [5.74, 6) is 0. The van der Waals surface area contributed by atoms with Crippen LogP contribution < -0.4 is 5.73 Å². The van der Waals surface area contributed by atoms with Gasteiger partial charge in [0.1, 0.15) is 5.01 Å². The van der Waals surface area contributed by atoms with Gasteiger partial charge in [0.25, 0.3) is 0 Å². The molecule has 18 heavy (non-hydrogen) atoms. The third kappa shape index (κ3) is 2.04. The van der Waals surface area contributed by atoms with Gasteiger partial charge in [-0.2, -0.15) is 0 Å². The largest absolute Gasteiger partial charge is 0.329 e. The van der Waals surface area contributed by atoms with Crippen LogP contribution in [0.2, 0.25) is 0 Å². The molecule has 0 spiro atoms. The zero-order valence-corrected chi connectivity index (χ0v) is 11.4. The van der Waals surface area contributed by atoms with Crippen molar-refractivity contribution in [3.05, 3.63) is 23.5 Å². The van der Waals surface area contributed by atoms with Crippen LogP contribution in [0.3, 0.4) is 0 Å². The molecule has 96 valence electrons. The van der Waals surface area contributed by atoms with Crippen LogP contribution in [0.5, 0.6) is 0 Å². The number of thiazole rings is 1. The molecule has 0 bridgehead atoms. The highest BCUT2D eigenvalue weighted by Crippen LogP contribution is 2.40. The molecule has 0 atom stereocenters. The van der Waals surface area contributed by atoms with Crippen LogP contribution in [-0.2, 0) is 5.41 Å². The van der Waals surface area contributed by atoms with E-state index < -0.39 is 0 Å². The highest BCUT2D eigenvalue weighted by atomic mass is 32.1. The predicted molar refractivity (Wildman–Crippen MR) is 75.8 cm³/mol. The Kier molecular flexibility index (Phi) is 3.31. The normalized spacial score (nSPS) is 19.8. The van der Waals surface area contributed by atoms with Gasteiger partial charge in [-0.05, 0) is 18.9 Å². The topological polar surface area (TPSA) is 51.8 Å². The molecule has 1 aliphatic rings. The van der Waals surface area contributed by atoms with Gasteiger partial charge < -0.3 is 5.73 Å². The van der Waals surface area contributed by atoms with E-state index in [2.05, 4.69) is 11.1 Å². The quantitative estimate of drug-likeness (QED) is 0.844. The zero-order chi connectivity index (χ0) is 12.4. The van der Waals surface area contributed by atoms with E-state index in [-0.39, 0.29) is 5.41 Å². The Balaban J connectivity index is 2.03. The second-order valence-electron chi connectivity index (χ2n) is 5.26. The van der Waals surface area contributed by atoms with Gasteiger partial charge in [0.05, 0.1) is 16.4 Å². The van der Waals surface area contributed by atoms with Crippen LogP contribution in [0.15, 0.2) is 18.5 Å². The van der Waals surface area contributed by atoms with Crippen LogP contribution in [0, 0.1) is 0 Å². The van der Waals surface area contributed by atoms with Crippen molar-refractivity contribution in [1.82, 2.24) is 9.97 Å². The van der Waals surface area contributed by atoms with E-state index in [4.69, 9.17) is 10.7 Å². The third-order valence-electron chi connectivity index (χ3n) is 4.09. The Morgan fingerprint density at radius 1 is 1.22 bits per heavy atom. The summed E-state index contributed by atoms with van der Waals surface area (Å²) in [6, 6.07) is 2.05. The lowest BCUT2D eigenvalue weighted by Gasteiger charge is -2.28. The van der Waals surface area contributed by atoms with Crippen molar-refractivity contribution in [3.63, 3.8) is 0 Å². The molecule has 0 aliphatic heterocycles. The highest BCUT2D eigenvalue weighted by Gasteiger charge is 2.34. The first kappa shape index (κ1) is 12.1. The average Bonchev–Trinajstić information content (AvgIpc) is 2.70. The molecule has 2 aromatic heterocycles. The fraction of sp³-hybridized carbons (Fsp3) is 0.571. The summed E-state index contributed by atoms with van der Waals surface area (Å²) in [6.45, 7) is 0.722. The fourth-order valence-corrected chi connectivity index (χ4v) is 4.11. The number of pyridine rings is 1. The molecule has 2 heterocycles. The number of nitrogens with zero attached hydrogens (tertiary/aromatic N) is 2. The van der Waals surface area contributed by atoms with Crippen molar-refractivity contribution in [2.75, 3.05) is 6.54 Å². The number of rotatable bonds is 2. The SMILES string of the molecule is NCC1(c2nc3cnccc3s2)CCCCCC1. The zero-order valence-electron chi connectivity index (χ0n) is 10.6. The second-order valence-corrected chi connectivity index (χ2v) is 6.29. The van der Waals surface area contributed by atoms with E-state index >= 15 is 0 Å². The maximum Gasteiger partial charge on any atom is 0.101 e. The molecule has 0 radical (unpaired) electrons. The van der Waals surface area contributed by atoms with E-state index in [0.29, 0.717) is 0 Å². The summed E-state index contributed by atoms with van der Waals surface area (Å²) in [5, 5.41) is 1.23. The molecule has 0 saturated heterocycles. The van der Waals surface area contributed by atoms with Gasteiger partial charge in [0.15, 0.2) is 0 Å². The predicted octanol–water partition coefficient (Wildman–Crippen LogP) is 3.24. The summed E-state index contributed by atoms with van der Waals surface area (Å²) >= 11 is 1.81. The molecule has 0 unspecified atom stereocenters. The molecule has 1 aliphatic carbocycles. The Morgan fingerprint density at radius 2 is 2.00 bits per heavy atom. The molecule has 3 rings (SSSR count). The Hall–Kier alpha value is -1.00. The van der Waals surface area contributed by atoms with E-state index in [0.717, 1.165) is 12.1 Å². The van der Waals surface area contributed by atoms with Gasteiger partial charge >= 0.3 is 0 Å². The molecular formula is C14H19N3S. The summed E-state index contributed by atoms with van der Waals surface area (Å²) in [5.41, 5.74) is 7.26. The average molecular weight is 261 g/mol. The van der Waals surface area contributed by atoms with Crippen LogP contribution in [0.1, 0.15) is 43.5 Å². The second kappa shape index (κ2) is 4.94. The minimum Gasteiger partial charge on any atom is -0.329 e. The van der Waals surface area contributed by atoms with Crippen LogP contribution in [0.4, 0.5) is 0 Å².